The van der Waals surface area contributed by atoms with Gasteiger partial charge in [0.15, 0.2) is 0 Å². The Morgan fingerprint density at radius 3 is 2.21 bits per heavy atom. The highest BCUT2D eigenvalue weighted by Crippen LogP contribution is 2.19. The molecule has 1 fully saturated rings. The predicted molar refractivity (Wildman–Crippen MR) is 75.5 cm³/mol. The van der Waals surface area contributed by atoms with E-state index in [-0.39, 0.29) is 11.2 Å². The summed E-state index contributed by atoms with van der Waals surface area (Å²) in [5.74, 6) is 0. The Hall–Kier alpha value is -0.160. The van der Waals surface area contributed by atoms with Gasteiger partial charge in [-0.25, -0.2) is 0 Å². The third-order valence-corrected chi connectivity index (χ3v) is 2.87. The van der Waals surface area contributed by atoms with Gasteiger partial charge in [-0.1, -0.05) is 0 Å². The van der Waals surface area contributed by atoms with Gasteiger partial charge in [-0.3, -0.25) is 0 Å². The maximum absolute atomic E-state index is 6.08. The lowest BCUT2D eigenvalue weighted by atomic mass is 10.1. The molecule has 1 saturated heterocycles. The molecule has 1 rings (SSSR count). The van der Waals surface area contributed by atoms with Gasteiger partial charge in [0.05, 0.1) is 37.1 Å². The van der Waals surface area contributed by atoms with E-state index in [1.807, 2.05) is 20.8 Å². The minimum Gasteiger partial charge on any atom is -0.381 e. The molecule has 1 aliphatic heterocycles. The van der Waals surface area contributed by atoms with Crippen LogP contribution in [0.1, 0.15) is 47.5 Å². The van der Waals surface area contributed by atoms with Crippen LogP contribution in [0.4, 0.5) is 0 Å². The largest absolute Gasteiger partial charge is 0.381 e. The van der Waals surface area contributed by atoms with Gasteiger partial charge in [-0.05, 0) is 47.5 Å². The second-order valence-corrected chi connectivity index (χ2v) is 6.70. The zero-order valence-electron chi connectivity index (χ0n) is 13.2. The monoisotopic (exact) mass is 274 g/mol. The van der Waals surface area contributed by atoms with E-state index in [1.54, 1.807) is 0 Å². The zero-order chi connectivity index (χ0) is 14.4. The Balaban J connectivity index is 2.12. The van der Waals surface area contributed by atoms with Crippen LogP contribution >= 0.6 is 0 Å². The highest BCUT2D eigenvalue weighted by molar-refractivity contribution is 4.73. The summed E-state index contributed by atoms with van der Waals surface area (Å²) in [6.45, 7) is 13.7. The Morgan fingerprint density at radius 2 is 1.63 bits per heavy atom. The van der Waals surface area contributed by atoms with Gasteiger partial charge < -0.3 is 18.9 Å². The van der Waals surface area contributed by atoms with Crippen LogP contribution in [0.5, 0.6) is 0 Å². The van der Waals surface area contributed by atoms with Crippen LogP contribution in [-0.4, -0.2) is 50.3 Å². The maximum Gasteiger partial charge on any atom is 0.0862 e. The molecule has 0 aromatic heterocycles. The van der Waals surface area contributed by atoms with Gasteiger partial charge in [-0.2, -0.15) is 0 Å². The van der Waals surface area contributed by atoms with E-state index in [1.165, 1.54) is 0 Å². The first-order valence-corrected chi connectivity index (χ1v) is 7.26. The maximum atomic E-state index is 6.08. The molecule has 0 atom stereocenters. The predicted octanol–water partition coefficient (Wildman–Crippen LogP) is 2.79. The first-order valence-electron chi connectivity index (χ1n) is 7.26. The van der Waals surface area contributed by atoms with Gasteiger partial charge in [-0.15, -0.1) is 0 Å². The van der Waals surface area contributed by atoms with E-state index in [4.69, 9.17) is 18.9 Å². The van der Waals surface area contributed by atoms with Gasteiger partial charge >= 0.3 is 0 Å². The Labute approximate surface area is 117 Å². The second-order valence-electron chi connectivity index (χ2n) is 6.70. The molecule has 0 spiro atoms. The Morgan fingerprint density at radius 1 is 1.00 bits per heavy atom. The van der Waals surface area contributed by atoms with Gasteiger partial charge in [0, 0.05) is 13.2 Å². The van der Waals surface area contributed by atoms with Gasteiger partial charge in [0.2, 0.25) is 0 Å². The molecule has 1 aliphatic rings. The normalized spacial score (nSPS) is 18.8. The van der Waals surface area contributed by atoms with E-state index in [0.717, 1.165) is 26.1 Å². The Bertz CT molecular complexity index is 239. The van der Waals surface area contributed by atoms with E-state index < -0.39 is 0 Å². The van der Waals surface area contributed by atoms with Crippen molar-refractivity contribution in [2.75, 3.05) is 33.0 Å². The summed E-state index contributed by atoms with van der Waals surface area (Å²) in [6.07, 6.45) is 2.27. The molecule has 4 nitrogen and oxygen atoms in total. The van der Waals surface area contributed by atoms with Crippen molar-refractivity contribution in [1.82, 2.24) is 0 Å². The lowest BCUT2D eigenvalue weighted by Crippen LogP contribution is -2.38. The zero-order valence-corrected chi connectivity index (χ0v) is 13.2. The fourth-order valence-electron chi connectivity index (χ4n) is 2.00. The molecule has 114 valence electrons. The molecule has 0 amide bonds. The molecule has 1 heterocycles. The highest BCUT2D eigenvalue weighted by atomic mass is 16.6. The van der Waals surface area contributed by atoms with Crippen molar-refractivity contribution in [3.8, 4) is 0 Å². The van der Waals surface area contributed by atoms with E-state index in [2.05, 4.69) is 13.8 Å². The fraction of sp³-hybridized carbons (Fsp3) is 1.00. The summed E-state index contributed by atoms with van der Waals surface area (Å²) >= 11 is 0. The van der Waals surface area contributed by atoms with Gasteiger partial charge in [0.1, 0.15) is 0 Å². The fourth-order valence-corrected chi connectivity index (χ4v) is 2.00. The van der Waals surface area contributed by atoms with Crippen molar-refractivity contribution in [2.45, 2.75) is 64.8 Å². The van der Waals surface area contributed by atoms with Gasteiger partial charge in [0.25, 0.3) is 0 Å². The number of hydrogen-bond donors (Lipinski definition) is 0. The molecule has 0 bridgehead atoms. The number of rotatable bonds is 7. The van der Waals surface area contributed by atoms with Crippen molar-refractivity contribution in [1.29, 1.82) is 0 Å². The van der Waals surface area contributed by atoms with Crippen LogP contribution in [0.2, 0.25) is 0 Å². The van der Waals surface area contributed by atoms with Crippen LogP contribution in [-0.2, 0) is 18.9 Å². The summed E-state index contributed by atoms with van der Waals surface area (Å²) in [5.41, 5.74) is -0.346. The molecule has 0 aliphatic carbocycles. The SMILES string of the molecule is CC(C)(C)OCCOCC(C)(C)OC1CCOCC1. The minimum atomic E-state index is -0.246. The molecule has 0 unspecified atom stereocenters. The first kappa shape index (κ1) is 16.9. The first-order chi connectivity index (χ1) is 8.79. The molecule has 0 N–H and O–H groups in total. The molecular weight excluding hydrogens is 244 g/mol. The number of hydrogen-bond acceptors (Lipinski definition) is 4. The average Bonchev–Trinajstić information content (AvgIpc) is 2.27. The van der Waals surface area contributed by atoms with E-state index in [0.29, 0.717) is 25.9 Å². The van der Waals surface area contributed by atoms with Crippen molar-refractivity contribution in [3.63, 3.8) is 0 Å². The van der Waals surface area contributed by atoms with E-state index in [9.17, 15) is 0 Å². The summed E-state index contributed by atoms with van der Waals surface area (Å²) in [5, 5.41) is 0. The minimum absolute atomic E-state index is 0.0997. The van der Waals surface area contributed by atoms with Crippen molar-refractivity contribution in [3.05, 3.63) is 0 Å². The third-order valence-electron chi connectivity index (χ3n) is 2.87. The van der Waals surface area contributed by atoms with Crippen LogP contribution < -0.4 is 0 Å². The van der Waals surface area contributed by atoms with Crippen molar-refractivity contribution < 1.29 is 18.9 Å². The summed E-state index contributed by atoms with van der Waals surface area (Å²) in [7, 11) is 0. The van der Waals surface area contributed by atoms with Crippen LogP contribution in [0.3, 0.4) is 0 Å². The quantitative estimate of drug-likeness (QED) is 0.669. The van der Waals surface area contributed by atoms with E-state index >= 15 is 0 Å². The lowest BCUT2D eigenvalue weighted by molar-refractivity contribution is -0.142. The molecule has 0 aromatic carbocycles. The summed E-state index contributed by atoms with van der Waals surface area (Å²) in [4.78, 5) is 0. The third kappa shape index (κ3) is 8.58. The molecular formula is C15H30O4. The molecule has 0 aromatic rings. The van der Waals surface area contributed by atoms with Crippen molar-refractivity contribution >= 4 is 0 Å². The molecule has 0 saturated carbocycles. The molecule has 4 heteroatoms. The average molecular weight is 274 g/mol. The second kappa shape index (κ2) is 7.58. The topological polar surface area (TPSA) is 36.9 Å². The van der Waals surface area contributed by atoms with Crippen LogP contribution in [0, 0.1) is 0 Å². The lowest BCUT2D eigenvalue weighted by Gasteiger charge is -2.32. The van der Waals surface area contributed by atoms with Crippen molar-refractivity contribution in [2.24, 2.45) is 0 Å². The van der Waals surface area contributed by atoms with Crippen LogP contribution in [0.15, 0.2) is 0 Å². The Kier molecular flexibility index (Phi) is 6.74. The highest BCUT2D eigenvalue weighted by Gasteiger charge is 2.25. The molecule has 19 heavy (non-hydrogen) atoms. The number of ether oxygens (including phenoxy) is 4. The standard InChI is InChI=1S/C15H30O4/c1-14(2,3)18-11-10-17-12-15(4,5)19-13-6-8-16-9-7-13/h13H,6-12H2,1-5H3. The summed E-state index contributed by atoms with van der Waals surface area (Å²) < 4.78 is 22.7. The summed E-state index contributed by atoms with van der Waals surface area (Å²) in [6, 6.07) is 0. The smallest absolute Gasteiger partial charge is 0.0862 e. The molecule has 0 radical (unpaired) electrons. The van der Waals surface area contributed by atoms with Crippen LogP contribution in [0.25, 0.3) is 0 Å².